The summed E-state index contributed by atoms with van der Waals surface area (Å²) < 4.78 is 19.4. The summed E-state index contributed by atoms with van der Waals surface area (Å²) in [5.41, 5.74) is 0. The zero-order valence-corrected chi connectivity index (χ0v) is 11.2. The highest BCUT2D eigenvalue weighted by molar-refractivity contribution is 9.09. The molecule has 1 aliphatic rings. The van der Waals surface area contributed by atoms with Crippen LogP contribution in [0.25, 0.3) is 0 Å². The maximum absolute atomic E-state index is 12.2. The summed E-state index contributed by atoms with van der Waals surface area (Å²) >= 11 is 8.87. The van der Waals surface area contributed by atoms with E-state index in [9.17, 15) is 4.57 Å². The minimum atomic E-state index is -2.79. The van der Waals surface area contributed by atoms with Crippen molar-refractivity contribution in [3.63, 3.8) is 0 Å². The Labute approximate surface area is 98.0 Å². The van der Waals surface area contributed by atoms with Crippen molar-refractivity contribution >= 4 is 35.2 Å². The van der Waals surface area contributed by atoms with Gasteiger partial charge >= 0.3 is 7.67 Å². The number of nitrogens with zero attached hydrogens (tertiary/aromatic N) is 1. The molecule has 4 nitrogen and oxygen atoms in total. The third-order valence-corrected chi connectivity index (χ3v) is 4.79. The van der Waals surface area contributed by atoms with Crippen LogP contribution < -0.4 is 5.09 Å². The molecule has 0 radical (unpaired) electrons. The van der Waals surface area contributed by atoms with Crippen LogP contribution in [-0.4, -0.2) is 42.1 Å². The van der Waals surface area contributed by atoms with Crippen molar-refractivity contribution in [3.8, 4) is 0 Å². The largest absolute Gasteiger partial charge is 0.343 e. The number of rotatable bonds is 5. The number of halogens is 2. The maximum atomic E-state index is 12.2. The molecule has 0 aliphatic carbocycles. The normalized spacial score (nSPS) is 29.3. The lowest BCUT2D eigenvalue weighted by molar-refractivity contribution is 0.204. The molecule has 1 aliphatic heterocycles. The van der Waals surface area contributed by atoms with Crippen LogP contribution in [0.3, 0.4) is 0 Å². The van der Waals surface area contributed by atoms with Gasteiger partial charge in [0.15, 0.2) is 0 Å². The first kappa shape index (κ1) is 12.9. The van der Waals surface area contributed by atoms with Crippen LogP contribution in [0.15, 0.2) is 0 Å². The summed E-state index contributed by atoms with van der Waals surface area (Å²) in [6.07, 6.45) is 0.930. The van der Waals surface area contributed by atoms with Gasteiger partial charge < -0.3 is 4.52 Å². The summed E-state index contributed by atoms with van der Waals surface area (Å²) in [6, 6.07) is 0. The Kier molecular flexibility index (Phi) is 5.97. The fraction of sp³-hybridized carbons (Fsp3) is 1.00. The Morgan fingerprint density at radius 3 is 3.07 bits per heavy atom. The first-order valence-electron chi connectivity index (χ1n) is 4.60. The van der Waals surface area contributed by atoms with Crippen molar-refractivity contribution in [2.45, 2.75) is 6.42 Å². The van der Waals surface area contributed by atoms with E-state index in [1.165, 1.54) is 0 Å². The smallest absolute Gasteiger partial charge is 0.306 e. The van der Waals surface area contributed by atoms with E-state index in [4.69, 9.17) is 16.1 Å². The third-order valence-electron chi connectivity index (χ3n) is 1.95. The molecule has 0 spiro atoms. The van der Waals surface area contributed by atoms with E-state index < -0.39 is 7.67 Å². The molecule has 7 heteroatoms. The van der Waals surface area contributed by atoms with Crippen molar-refractivity contribution in [1.29, 1.82) is 0 Å². The molecule has 1 heterocycles. The van der Waals surface area contributed by atoms with E-state index in [1.807, 2.05) is 4.67 Å². The van der Waals surface area contributed by atoms with Crippen molar-refractivity contribution in [2.24, 2.45) is 0 Å². The van der Waals surface area contributed by atoms with Gasteiger partial charge in [-0.3, -0.25) is 4.57 Å². The summed E-state index contributed by atoms with van der Waals surface area (Å²) in [6.45, 7) is 2.62. The lowest BCUT2D eigenvalue weighted by atomic mass is 10.4. The minimum Gasteiger partial charge on any atom is -0.306 e. The van der Waals surface area contributed by atoms with Crippen LogP contribution >= 0.6 is 35.2 Å². The zero-order chi connectivity index (χ0) is 10.4. The predicted octanol–water partition coefficient (Wildman–Crippen LogP) is 2.04. The molecule has 0 aromatic rings. The minimum absolute atomic E-state index is 0.440. The Morgan fingerprint density at radius 1 is 1.64 bits per heavy atom. The molecule has 1 saturated heterocycles. The maximum Gasteiger partial charge on any atom is 0.343 e. The van der Waals surface area contributed by atoms with Crippen LogP contribution in [0.2, 0.25) is 0 Å². The standard InChI is InChI=1S/C7H15BrClN2O2P/c8-2-6-11-5-1-7-13-14(11,12)10-4-3-9/h1-7H2,(H,10,12). The van der Waals surface area contributed by atoms with Crippen molar-refractivity contribution < 1.29 is 9.09 Å². The summed E-state index contributed by atoms with van der Waals surface area (Å²) in [7, 11) is -2.79. The van der Waals surface area contributed by atoms with Gasteiger partial charge in [0, 0.05) is 30.8 Å². The molecule has 14 heavy (non-hydrogen) atoms. The Bertz CT molecular complexity index is 218. The second-order valence-electron chi connectivity index (χ2n) is 2.95. The number of hydrogen-bond acceptors (Lipinski definition) is 2. The molecule has 84 valence electrons. The average Bonchev–Trinajstić information content (AvgIpc) is 2.19. The second kappa shape index (κ2) is 6.46. The number of nitrogens with one attached hydrogen (secondary N) is 1. The second-order valence-corrected chi connectivity index (χ2v) is 6.30. The van der Waals surface area contributed by atoms with Crippen molar-refractivity contribution in [2.75, 3.05) is 37.5 Å². The van der Waals surface area contributed by atoms with Crippen LogP contribution in [0.1, 0.15) is 6.42 Å². The van der Waals surface area contributed by atoms with E-state index in [0.717, 1.165) is 24.8 Å². The molecule has 1 unspecified atom stereocenters. The molecular formula is C7H15BrClN2O2P. The lowest BCUT2D eigenvalue weighted by Gasteiger charge is -2.34. The van der Waals surface area contributed by atoms with E-state index in [0.29, 0.717) is 19.0 Å². The summed E-state index contributed by atoms with van der Waals surface area (Å²) in [4.78, 5) is 0. The van der Waals surface area contributed by atoms with Crippen LogP contribution in [0.4, 0.5) is 0 Å². The van der Waals surface area contributed by atoms with Crippen LogP contribution in [0.5, 0.6) is 0 Å². The Morgan fingerprint density at radius 2 is 2.43 bits per heavy atom. The van der Waals surface area contributed by atoms with E-state index >= 15 is 0 Å². The SMILES string of the molecule is O=P1(NCCCl)OCCCN1CCBr. The molecule has 0 aromatic heterocycles. The fourth-order valence-corrected chi connectivity index (χ4v) is 4.24. The monoisotopic (exact) mass is 304 g/mol. The fourth-order valence-electron chi connectivity index (χ4n) is 1.32. The van der Waals surface area contributed by atoms with E-state index in [2.05, 4.69) is 21.0 Å². The van der Waals surface area contributed by atoms with Gasteiger partial charge in [-0.1, -0.05) is 15.9 Å². The third kappa shape index (κ3) is 3.47. The topological polar surface area (TPSA) is 41.6 Å². The van der Waals surface area contributed by atoms with Gasteiger partial charge in [0.2, 0.25) is 0 Å². The Hall–Kier alpha value is 0.880. The highest BCUT2D eigenvalue weighted by Gasteiger charge is 2.33. The molecule has 1 N–H and O–H groups in total. The summed E-state index contributed by atoms with van der Waals surface area (Å²) in [5, 5.41) is 3.68. The number of hydrogen-bond donors (Lipinski definition) is 1. The average molecular weight is 306 g/mol. The molecule has 1 fully saturated rings. The molecule has 1 rings (SSSR count). The van der Waals surface area contributed by atoms with E-state index in [-0.39, 0.29) is 0 Å². The van der Waals surface area contributed by atoms with Crippen molar-refractivity contribution in [1.82, 2.24) is 9.76 Å². The molecule has 1 atom stereocenters. The Balaban J connectivity index is 2.55. The van der Waals surface area contributed by atoms with Crippen molar-refractivity contribution in [3.05, 3.63) is 0 Å². The lowest BCUT2D eigenvalue weighted by Crippen LogP contribution is -2.36. The molecule has 0 amide bonds. The number of alkyl halides is 2. The van der Waals surface area contributed by atoms with Gasteiger partial charge in [-0.2, -0.15) is 0 Å². The summed E-state index contributed by atoms with van der Waals surface area (Å²) in [5.74, 6) is 0.440. The van der Waals surface area contributed by atoms with Gasteiger partial charge in [0.05, 0.1) is 6.61 Å². The highest BCUT2D eigenvalue weighted by atomic mass is 79.9. The highest BCUT2D eigenvalue weighted by Crippen LogP contribution is 2.48. The van der Waals surface area contributed by atoms with Gasteiger partial charge in [0.1, 0.15) is 0 Å². The van der Waals surface area contributed by atoms with E-state index in [1.54, 1.807) is 0 Å². The van der Waals surface area contributed by atoms with Gasteiger partial charge in [-0.25, -0.2) is 9.76 Å². The molecule has 0 bridgehead atoms. The predicted molar refractivity (Wildman–Crippen MR) is 62.3 cm³/mol. The van der Waals surface area contributed by atoms with Gasteiger partial charge in [-0.05, 0) is 6.42 Å². The first-order valence-corrected chi connectivity index (χ1v) is 7.83. The molecule has 0 saturated carbocycles. The van der Waals surface area contributed by atoms with Crippen LogP contribution in [-0.2, 0) is 9.09 Å². The van der Waals surface area contributed by atoms with Gasteiger partial charge in [0.25, 0.3) is 0 Å². The molecular weight excluding hydrogens is 290 g/mol. The zero-order valence-electron chi connectivity index (χ0n) is 7.92. The quantitative estimate of drug-likeness (QED) is 0.623. The molecule has 0 aromatic carbocycles. The van der Waals surface area contributed by atoms with Gasteiger partial charge in [-0.15, -0.1) is 11.6 Å². The van der Waals surface area contributed by atoms with Crippen LogP contribution in [0, 0.1) is 0 Å². The first-order chi connectivity index (χ1) is 6.73.